The second kappa shape index (κ2) is 13.5. The number of alkyl carbamates (subject to hydrolysis) is 1. The lowest BCUT2D eigenvalue weighted by atomic mass is 9.98. The van der Waals surface area contributed by atoms with Crippen molar-refractivity contribution in [2.75, 3.05) is 13.2 Å². The molecule has 3 rings (SSSR count). The maximum atomic E-state index is 12.6. The van der Waals surface area contributed by atoms with Gasteiger partial charge in [-0.1, -0.05) is 81.1 Å². The van der Waals surface area contributed by atoms with Crippen LogP contribution in [-0.2, 0) is 14.3 Å². The molecule has 3 N–H and O–H groups in total. The zero-order valence-corrected chi connectivity index (χ0v) is 20.4. The van der Waals surface area contributed by atoms with Crippen molar-refractivity contribution in [2.45, 2.75) is 70.3 Å². The largest absolute Gasteiger partial charge is 0.481 e. The summed E-state index contributed by atoms with van der Waals surface area (Å²) in [6, 6.07) is 15.7. The van der Waals surface area contributed by atoms with Gasteiger partial charge in [-0.15, -0.1) is 0 Å². The molecule has 0 bridgehead atoms. The number of hydrogen-bond acceptors (Lipinski definition) is 4. The van der Waals surface area contributed by atoms with Crippen LogP contribution in [0.25, 0.3) is 11.1 Å². The van der Waals surface area contributed by atoms with Crippen molar-refractivity contribution in [1.29, 1.82) is 0 Å². The van der Waals surface area contributed by atoms with Gasteiger partial charge in [0.15, 0.2) is 0 Å². The van der Waals surface area contributed by atoms with Crippen LogP contribution in [0, 0.1) is 0 Å². The molecule has 0 heterocycles. The number of carboxylic acid groups (broad SMARTS) is 1. The van der Waals surface area contributed by atoms with Crippen LogP contribution in [-0.4, -0.2) is 42.3 Å². The molecule has 0 aliphatic heterocycles. The van der Waals surface area contributed by atoms with Gasteiger partial charge in [-0.2, -0.15) is 0 Å². The Kier molecular flexibility index (Phi) is 10.1. The summed E-state index contributed by atoms with van der Waals surface area (Å²) in [5.41, 5.74) is 4.63. The third-order valence-corrected chi connectivity index (χ3v) is 6.40. The van der Waals surface area contributed by atoms with Crippen molar-refractivity contribution in [1.82, 2.24) is 10.6 Å². The average molecular weight is 481 g/mol. The predicted molar refractivity (Wildman–Crippen MR) is 135 cm³/mol. The van der Waals surface area contributed by atoms with E-state index in [-0.39, 0.29) is 24.9 Å². The highest BCUT2D eigenvalue weighted by Gasteiger charge is 2.29. The Bertz CT molecular complexity index is 961. The fourth-order valence-electron chi connectivity index (χ4n) is 4.61. The summed E-state index contributed by atoms with van der Waals surface area (Å²) in [5, 5.41) is 14.3. The fourth-order valence-corrected chi connectivity index (χ4v) is 4.61. The first-order valence-corrected chi connectivity index (χ1v) is 12.6. The van der Waals surface area contributed by atoms with Crippen molar-refractivity contribution in [2.24, 2.45) is 0 Å². The lowest BCUT2D eigenvalue weighted by Crippen LogP contribution is -2.47. The molecule has 7 heteroatoms. The minimum absolute atomic E-state index is 0.0258. The van der Waals surface area contributed by atoms with Crippen molar-refractivity contribution < 1.29 is 24.2 Å². The van der Waals surface area contributed by atoms with Gasteiger partial charge in [-0.25, -0.2) is 4.79 Å². The number of rotatable bonds is 14. The molecule has 0 fully saturated rings. The van der Waals surface area contributed by atoms with Gasteiger partial charge in [0.05, 0.1) is 0 Å². The van der Waals surface area contributed by atoms with E-state index in [0.717, 1.165) is 43.2 Å². The third-order valence-electron chi connectivity index (χ3n) is 6.40. The van der Waals surface area contributed by atoms with Gasteiger partial charge in [0.1, 0.15) is 12.6 Å². The number of nitrogens with one attached hydrogen (secondary N) is 2. The molecule has 0 saturated heterocycles. The fraction of sp³-hybridized carbons (Fsp3) is 0.464. The quantitative estimate of drug-likeness (QED) is 0.321. The number of hydrogen-bond donors (Lipinski definition) is 3. The minimum Gasteiger partial charge on any atom is -0.481 e. The second-order valence-corrected chi connectivity index (χ2v) is 9.01. The van der Waals surface area contributed by atoms with Crippen LogP contribution in [0.15, 0.2) is 48.5 Å². The van der Waals surface area contributed by atoms with E-state index in [0.29, 0.717) is 19.4 Å². The molecule has 0 aromatic heterocycles. The summed E-state index contributed by atoms with van der Waals surface area (Å²) in [7, 11) is 0. The van der Waals surface area contributed by atoms with Crippen molar-refractivity contribution >= 4 is 18.0 Å². The van der Waals surface area contributed by atoms with Gasteiger partial charge in [0.2, 0.25) is 5.91 Å². The highest BCUT2D eigenvalue weighted by atomic mass is 16.5. The Balaban J connectivity index is 1.43. The van der Waals surface area contributed by atoms with E-state index in [4.69, 9.17) is 9.84 Å². The maximum Gasteiger partial charge on any atom is 0.407 e. The van der Waals surface area contributed by atoms with Crippen LogP contribution in [0.2, 0.25) is 0 Å². The van der Waals surface area contributed by atoms with Gasteiger partial charge in [0.25, 0.3) is 0 Å². The standard InChI is InChI=1S/C28H36N2O5/c1-2-12-25(27(33)29-18-11-5-3-4-6-17-26(31)32)30-28(34)35-19-24-22-15-9-7-13-20(22)21-14-8-10-16-23(21)24/h7-10,13-16,24-25H,2-6,11-12,17-19H2,1H3,(H,29,33)(H,30,34)(H,31,32)/t25-/m0/s1. The topological polar surface area (TPSA) is 105 Å². The van der Waals surface area contributed by atoms with E-state index in [1.807, 2.05) is 31.2 Å². The Morgan fingerprint density at radius 2 is 1.51 bits per heavy atom. The monoisotopic (exact) mass is 480 g/mol. The van der Waals surface area contributed by atoms with Crippen molar-refractivity contribution in [3.63, 3.8) is 0 Å². The predicted octanol–water partition coefficient (Wildman–Crippen LogP) is 5.24. The smallest absolute Gasteiger partial charge is 0.407 e. The lowest BCUT2D eigenvalue weighted by molar-refractivity contribution is -0.137. The summed E-state index contributed by atoms with van der Waals surface area (Å²) in [6.45, 7) is 2.71. The summed E-state index contributed by atoms with van der Waals surface area (Å²) in [6.07, 6.45) is 5.17. The molecule has 0 radical (unpaired) electrons. The molecule has 7 nitrogen and oxygen atoms in total. The summed E-state index contributed by atoms with van der Waals surface area (Å²) >= 11 is 0. The Hall–Kier alpha value is -3.35. The molecule has 1 atom stereocenters. The van der Waals surface area contributed by atoms with Crippen molar-refractivity contribution in [3.8, 4) is 11.1 Å². The van der Waals surface area contributed by atoms with Crippen LogP contribution < -0.4 is 10.6 Å². The van der Waals surface area contributed by atoms with E-state index in [1.165, 1.54) is 11.1 Å². The number of benzene rings is 2. The molecule has 2 amide bonds. The highest BCUT2D eigenvalue weighted by Crippen LogP contribution is 2.44. The minimum atomic E-state index is -0.761. The first-order chi connectivity index (χ1) is 17.0. The van der Waals surface area contributed by atoms with Crippen LogP contribution in [0.3, 0.4) is 0 Å². The molecule has 35 heavy (non-hydrogen) atoms. The zero-order valence-electron chi connectivity index (χ0n) is 20.4. The van der Waals surface area contributed by atoms with Gasteiger partial charge in [0, 0.05) is 18.9 Å². The van der Waals surface area contributed by atoms with Crippen LogP contribution in [0.4, 0.5) is 4.79 Å². The first kappa shape index (κ1) is 26.3. The van der Waals surface area contributed by atoms with Crippen molar-refractivity contribution in [3.05, 3.63) is 59.7 Å². The number of aliphatic carboxylic acids is 1. The molecule has 2 aromatic rings. The van der Waals surface area contributed by atoms with Crippen LogP contribution in [0.1, 0.15) is 75.3 Å². The molecular formula is C28H36N2O5. The molecular weight excluding hydrogens is 444 g/mol. The number of carboxylic acids is 1. The normalized spacial score (nSPS) is 12.9. The summed E-state index contributed by atoms with van der Waals surface area (Å²) in [5.74, 6) is -0.989. The average Bonchev–Trinajstić information content (AvgIpc) is 3.17. The first-order valence-electron chi connectivity index (χ1n) is 12.6. The van der Waals surface area contributed by atoms with Gasteiger partial charge in [-0.05, 0) is 41.5 Å². The number of carbonyl (C=O) groups excluding carboxylic acids is 2. The number of fused-ring (bicyclic) bond motifs is 3. The number of carbonyl (C=O) groups is 3. The lowest BCUT2D eigenvalue weighted by Gasteiger charge is -2.19. The Morgan fingerprint density at radius 3 is 2.14 bits per heavy atom. The molecule has 0 spiro atoms. The van der Waals surface area contributed by atoms with Crippen LogP contribution >= 0.6 is 0 Å². The number of unbranched alkanes of at least 4 members (excludes halogenated alkanes) is 4. The second-order valence-electron chi connectivity index (χ2n) is 9.01. The molecule has 0 saturated carbocycles. The van der Waals surface area contributed by atoms with E-state index >= 15 is 0 Å². The Morgan fingerprint density at radius 1 is 0.914 bits per heavy atom. The molecule has 188 valence electrons. The molecule has 0 unspecified atom stereocenters. The van der Waals surface area contributed by atoms with E-state index < -0.39 is 18.1 Å². The zero-order chi connectivity index (χ0) is 25.0. The Labute approximate surface area is 207 Å². The van der Waals surface area contributed by atoms with Gasteiger partial charge in [-0.3, -0.25) is 9.59 Å². The third kappa shape index (κ3) is 7.57. The number of amides is 2. The molecule has 1 aliphatic rings. The van der Waals surface area contributed by atoms with E-state index in [2.05, 4.69) is 34.9 Å². The highest BCUT2D eigenvalue weighted by molar-refractivity contribution is 5.85. The summed E-state index contributed by atoms with van der Waals surface area (Å²) < 4.78 is 5.59. The van der Waals surface area contributed by atoms with Gasteiger partial charge < -0.3 is 20.5 Å². The molecule has 1 aliphatic carbocycles. The molecule has 2 aromatic carbocycles. The van der Waals surface area contributed by atoms with E-state index in [1.54, 1.807) is 0 Å². The van der Waals surface area contributed by atoms with Crippen LogP contribution in [0.5, 0.6) is 0 Å². The van der Waals surface area contributed by atoms with Gasteiger partial charge >= 0.3 is 12.1 Å². The van der Waals surface area contributed by atoms with E-state index in [9.17, 15) is 14.4 Å². The SMILES string of the molecule is CCC[C@H](NC(=O)OCC1c2ccccc2-c2ccccc21)C(=O)NCCCCCCCC(=O)O. The summed E-state index contributed by atoms with van der Waals surface area (Å²) in [4.78, 5) is 35.7. The maximum absolute atomic E-state index is 12.6. The number of ether oxygens (including phenoxy) is 1.